The van der Waals surface area contributed by atoms with E-state index in [1.54, 1.807) is 29.2 Å². The fourth-order valence-corrected chi connectivity index (χ4v) is 3.25. The van der Waals surface area contributed by atoms with E-state index >= 15 is 0 Å². The van der Waals surface area contributed by atoms with Crippen LogP contribution in [0.15, 0.2) is 36.4 Å². The molecule has 0 spiro atoms. The SMILES string of the molecule is Cc1cc(C)n2nc(C(=O)O[C@H](C(=O)N3CCOCC3)c3ccccc3)nc2n1. The number of aryl methyl sites for hydroxylation is 2. The molecular weight excluding hydrogens is 374 g/mol. The van der Waals surface area contributed by atoms with Crippen molar-refractivity contribution >= 4 is 17.7 Å². The van der Waals surface area contributed by atoms with E-state index in [2.05, 4.69) is 15.1 Å². The molecule has 1 aliphatic heterocycles. The van der Waals surface area contributed by atoms with Crippen LogP contribution in [0.25, 0.3) is 5.78 Å². The van der Waals surface area contributed by atoms with Gasteiger partial charge in [-0.25, -0.2) is 14.3 Å². The first-order valence-electron chi connectivity index (χ1n) is 9.36. The number of hydrogen-bond acceptors (Lipinski definition) is 7. The van der Waals surface area contributed by atoms with Crippen LogP contribution in [0.2, 0.25) is 0 Å². The Morgan fingerprint density at radius 2 is 1.83 bits per heavy atom. The van der Waals surface area contributed by atoms with Gasteiger partial charge in [0.15, 0.2) is 0 Å². The number of morpholine rings is 1. The van der Waals surface area contributed by atoms with Crippen molar-refractivity contribution in [2.24, 2.45) is 0 Å². The number of fused-ring (bicyclic) bond motifs is 1. The second kappa shape index (κ2) is 7.96. The number of esters is 1. The molecule has 1 saturated heterocycles. The predicted molar refractivity (Wildman–Crippen MR) is 102 cm³/mol. The number of hydrogen-bond donors (Lipinski definition) is 0. The first-order valence-corrected chi connectivity index (χ1v) is 9.36. The van der Waals surface area contributed by atoms with Gasteiger partial charge in [-0.3, -0.25) is 4.79 Å². The van der Waals surface area contributed by atoms with Gasteiger partial charge in [-0.15, -0.1) is 5.10 Å². The van der Waals surface area contributed by atoms with Crippen LogP contribution in [0.5, 0.6) is 0 Å². The summed E-state index contributed by atoms with van der Waals surface area (Å²) in [6, 6.07) is 10.8. The molecule has 3 heterocycles. The van der Waals surface area contributed by atoms with Crippen LogP contribution in [0.3, 0.4) is 0 Å². The molecule has 9 heteroatoms. The summed E-state index contributed by atoms with van der Waals surface area (Å²) in [5.41, 5.74) is 2.15. The molecule has 0 bridgehead atoms. The number of benzene rings is 1. The number of carbonyl (C=O) groups is 2. The standard InChI is InChI=1S/C20H21N5O4/c1-13-12-14(2)25-20(21-13)22-17(23-25)19(27)29-16(15-6-4-3-5-7-15)18(26)24-8-10-28-11-9-24/h3-7,12,16H,8-11H2,1-2H3/t16-/m0/s1. The van der Waals surface area contributed by atoms with E-state index in [1.165, 1.54) is 4.52 Å². The summed E-state index contributed by atoms with van der Waals surface area (Å²) in [5.74, 6) is -0.892. The maximum absolute atomic E-state index is 13.1. The summed E-state index contributed by atoms with van der Waals surface area (Å²) < 4.78 is 12.4. The Balaban J connectivity index is 1.62. The van der Waals surface area contributed by atoms with E-state index in [9.17, 15) is 9.59 Å². The van der Waals surface area contributed by atoms with E-state index in [-0.39, 0.29) is 11.7 Å². The molecule has 4 rings (SSSR count). The number of ether oxygens (including phenoxy) is 2. The summed E-state index contributed by atoms with van der Waals surface area (Å²) >= 11 is 0. The maximum Gasteiger partial charge on any atom is 0.379 e. The molecule has 1 amide bonds. The zero-order valence-electron chi connectivity index (χ0n) is 16.2. The summed E-state index contributed by atoms with van der Waals surface area (Å²) in [4.78, 5) is 36.0. The Bertz CT molecular complexity index is 1040. The topological polar surface area (TPSA) is 98.9 Å². The van der Waals surface area contributed by atoms with Crippen molar-refractivity contribution in [3.05, 3.63) is 59.2 Å². The molecule has 150 valence electrons. The van der Waals surface area contributed by atoms with Gasteiger partial charge in [0, 0.05) is 30.0 Å². The summed E-state index contributed by atoms with van der Waals surface area (Å²) in [7, 11) is 0. The van der Waals surface area contributed by atoms with E-state index in [4.69, 9.17) is 9.47 Å². The van der Waals surface area contributed by atoms with Gasteiger partial charge in [-0.2, -0.15) is 4.98 Å². The molecule has 1 fully saturated rings. The Morgan fingerprint density at radius 3 is 2.55 bits per heavy atom. The van der Waals surface area contributed by atoms with Gasteiger partial charge in [-0.1, -0.05) is 30.3 Å². The van der Waals surface area contributed by atoms with Crippen molar-refractivity contribution in [1.29, 1.82) is 0 Å². The van der Waals surface area contributed by atoms with Gasteiger partial charge >= 0.3 is 5.97 Å². The number of aromatic nitrogens is 4. The van der Waals surface area contributed by atoms with Gasteiger partial charge in [0.25, 0.3) is 17.5 Å². The van der Waals surface area contributed by atoms with Crippen molar-refractivity contribution in [3.8, 4) is 0 Å². The third-order valence-electron chi connectivity index (χ3n) is 4.68. The highest BCUT2D eigenvalue weighted by Gasteiger charge is 2.32. The minimum absolute atomic E-state index is 0.137. The minimum atomic E-state index is -1.08. The van der Waals surface area contributed by atoms with Crippen molar-refractivity contribution in [2.75, 3.05) is 26.3 Å². The fourth-order valence-electron chi connectivity index (χ4n) is 3.25. The molecule has 0 saturated carbocycles. The van der Waals surface area contributed by atoms with Gasteiger partial charge in [0.1, 0.15) is 0 Å². The van der Waals surface area contributed by atoms with Crippen molar-refractivity contribution in [2.45, 2.75) is 20.0 Å². The normalized spacial score (nSPS) is 15.3. The molecule has 0 N–H and O–H groups in total. The smallest absolute Gasteiger partial charge is 0.379 e. The highest BCUT2D eigenvalue weighted by Crippen LogP contribution is 2.22. The summed E-state index contributed by atoms with van der Waals surface area (Å²) in [5, 5.41) is 4.20. The molecular formula is C20H21N5O4. The van der Waals surface area contributed by atoms with Gasteiger partial charge in [-0.05, 0) is 19.9 Å². The molecule has 1 aromatic carbocycles. The van der Waals surface area contributed by atoms with Crippen LogP contribution in [-0.4, -0.2) is 62.7 Å². The predicted octanol–water partition coefficient (Wildman–Crippen LogP) is 1.50. The van der Waals surface area contributed by atoms with Gasteiger partial charge in [0.05, 0.1) is 13.2 Å². The minimum Gasteiger partial charge on any atom is -0.441 e. The summed E-state index contributed by atoms with van der Waals surface area (Å²) in [6.07, 6.45) is -1.08. The number of nitrogens with zero attached hydrogens (tertiary/aromatic N) is 5. The average Bonchev–Trinajstić information content (AvgIpc) is 3.17. The first-order chi connectivity index (χ1) is 14.0. The van der Waals surface area contributed by atoms with Crippen LogP contribution >= 0.6 is 0 Å². The van der Waals surface area contributed by atoms with Crippen LogP contribution < -0.4 is 0 Å². The number of carbonyl (C=O) groups excluding carboxylic acids is 2. The highest BCUT2D eigenvalue weighted by molar-refractivity contribution is 5.90. The van der Waals surface area contributed by atoms with E-state index < -0.39 is 12.1 Å². The van der Waals surface area contributed by atoms with Crippen LogP contribution in [0, 0.1) is 13.8 Å². The monoisotopic (exact) mass is 395 g/mol. The zero-order valence-corrected chi connectivity index (χ0v) is 16.2. The molecule has 9 nitrogen and oxygen atoms in total. The molecule has 0 unspecified atom stereocenters. The van der Waals surface area contributed by atoms with Crippen LogP contribution in [0.4, 0.5) is 0 Å². The quantitative estimate of drug-likeness (QED) is 0.617. The molecule has 0 radical (unpaired) electrons. The van der Waals surface area contributed by atoms with E-state index in [1.807, 2.05) is 26.0 Å². The average molecular weight is 395 g/mol. The Morgan fingerprint density at radius 1 is 1.10 bits per heavy atom. The van der Waals surface area contributed by atoms with Gasteiger partial charge < -0.3 is 14.4 Å². The van der Waals surface area contributed by atoms with Crippen LogP contribution in [0.1, 0.15) is 33.7 Å². The van der Waals surface area contributed by atoms with E-state index in [0.717, 1.165) is 11.4 Å². The largest absolute Gasteiger partial charge is 0.441 e. The first kappa shape index (κ1) is 19.0. The lowest BCUT2D eigenvalue weighted by Gasteiger charge is -2.30. The van der Waals surface area contributed by atoms with Crippen LogP contribution in [-0.2, 0) is 14.3 Å². The van der Waals surface area contributed by atoms with Gasteiger partial charge in [0.2, 0.25) is 6.10 Å². The number of amides is 1. The molecule has 2 aromatic heterocycles. The number of rotatable bonds is 4. The second-order valence-electron chi connectivity index (χ2n) is 6.82. The highest BCUT2D eigenvalue weighted by atomic mass is 16.5. The molecule has 3 aromatic rings. The lowest BCUT2D eigenvalue weighted by Crippen LogP contribution is -2.44. The van der Waals surface area contributed by atoms with Crippen molar-refractivity contribution in [3.63, 3.8) is 0 Å². The fraction of sp³-hybridized carbons (Fsp3) is 0.350. The molecule has 29 heavy (non-hydrogen) atoms. The lowest BCUT2D eigenvalue weighted by molar-refractivity contribution is -0.145. The Hall–Kier alpha value is -3.33. The third kappa shape index (κ3) is 3.95. The Kier molecular flexibility index (Phi) is 5.22. The zero-order chi connectivity index (χ0) is 20.4. The Labute approximate surface area is 167 Å². The van der Waals surface area contributed by atoms with Crippen molar-refractivity contribution < 1.29 is 19.1 Å². The molecule has 0 aliphatic carbocycles. The van der Waals surface area contributed by atoms with Crippen molar-refractivity contribution in [1.82, 2.24) is 24.5 Å². The maximum atomic E-state index is 13.1. The second-order valence-corrected chi connectivity index (χ2v) is 6.82. The lowest BCUT2D eigenvalue weighted by atomic mass is 10.1. The molecule has 1 aliphatic rings. The third-order valence-corrected chi connectivity index (χ3v) is 4.68. The molecule has 1 atom stereocenters. The van der Waals surface area contributed by atoms with E-state index in [0.29, 0.717) is 37.6 Å². The summed E-state index contributed by atoms with van der Waals surface area (Å²) in [6.45, 7) is 5.51.